The molecular weight excluding hydrogens is 286 g/mol. The quantitative estimate of drug-likeness (QED) is 0.767. The van der Waals surface area contributed by atoms with Gasteiger partial charge in [0.1, 0.15) is 5.01 Å². The summed E-state index contributed by atoms with van der Waals surface area (Å²) in [5.74, 6) is 0. The largest absolute Gasteiger partial charge is 0.396 e. The fraction of sp³-hybridized carbons (Fsp3) is 0.333. The molecule has 5 nitrogen and oxygen atoms in total. The van der Waals surface area contributed by atoms with Crippen LogP contribution in [0.1, 0.15) is 19.8 Å². The van der Waals surface area contributed by atoms with Gasteiger partial charge in [-0.15, -0.1) is 11.3 Å². The maximum Gasteiger partial charge on any atom is 0.319 e. The minimum Gasteiger partial charge on any atom is -0.396 e. The number of hydrogen-bond donors (Lipinski definition) is 3. The molecule has 1 heterocycles. The molecule has 3 N–H and O–H groups in total. The molecule has 112 valence electrons. The maximum atomic E-state index is 11.8. The number of aromatic nitrogens is 1. The summed E-state index contributed by atoms with van der Waals surface area (Å²) in [6, 6.07) is 7.38. The van der Waals surface area contributed by atoms with E-state index in [9.17, 15) is 4.79 Å². The molecule has 1 aromatic carbocycles. The van der Waals surface area contributed by atoms with Crippen molar-refractivity contribution in [2.75, 3.05) is 11.9 Å². The molecule has 0 aliphatic carbocycles. The first kappa shape index (κ1) is 15.5. The molecule has 2 amide bonds. The molecule has 1 aromatic heterocycles. The van der Waals surface area contributed by atoms with E-state index in [1.54, 1.807) is 17.5 Å². The number of rotatable bonds is 6. The number of aliphatic hydroxyl groups is 1. The van der Waals surface area contributed by atoms with Gasteiger partial charge in [-0.3, -0.25) is 0 Å². The van der Waals surface area contributed by atoms with Crippen molar-refractivity contribution >= 4 is 23.1 Å². The van der Waals surface area contributed by atoms with Crippen molar-refractivity contribution in [2.45, 2.75) is 25.8 Å². The number of anilines is 1. The van der Waals surface area contributed by atoms with E-state index in [1.807, 2.05) is 36.6 Å². The van der Waals surface area contributed by atoms with E-state index in [-0.39, 0.29) is 18.7 Å². The Kier molecular flexibility index (Phi) is 5.71. The fourth-order valence-electron chi connectivity index (χ4n) is 1.92. The molecule has 1 unspecified atom stereocenters. The number of carbonyl (C=O) groups is 1. The number of benzene rings is 1. The molecule has 0 spiro atoms. The van der Waals surface area contributed by atoms with E-state index in [2.05, 4.69) is 15.6 Å². The highest BCUT2D eigenvalue weighted by atomic mass is 32.1. The van der Waals surface area contributed by atoms with E-state index >= 15 is 0 Å². The third kappa shape index (κ3) is 4.84. The van der Waals surface area contributed by atoms with Crippen LogP contribution in [0.5, 0.6) is 0 Å². The monoisotopic (exact) mass is 305 g/mol. The summed E-state index contributed by atoms with van der Waals surface area (Å²) in [6.45, 7) is 2.06. The lowest BCUT2D eigenvalue weighted by molar-refractivity contribution is 0.245. The first-order valence-corrected chi connectivity index (χ1v) is 7.75. The lowest BCUT2D eigenvalue weighted by Gasteiger charge is -2.14. The SMILES string of the molecule is CC(CCCO)NC(=O)Nc1ccc(-c2nccs2)cc1. The van der Waals surface area contributed by atoms with Crippen LogP contribution in [0.15, 0.2) is 35.8 Å². The van der Waals surface area contributed by atoms with Crippen molar-refractivity contribution in [3.8, 4) is 10.6 Å². The second kappa shape index (κ2) is 7.75. The summed E-state index contributed by atoms with van der Waals surface area (Å²) in [5.41, 5.74) is 1.77. The van der Waals surface area contributed by atoms with Gasteiger partial charge in [-0.1, -0.05) is 0 Å². The summed E-state index contributed by atoms with van der Waals surface area (Å²) in [7, 11) is 0. The zero-order valence-corrected chi connectivity index (χ0v) is 12.7. The number of urea groups is 1. The Balaban J connectivity index is 1.87. The van der Waals surface area contributed by atoms with Crippen LogP contribution >= 0.6 is 11.3 Å². The predicted octanol–water partition coefficient (Wildman–Crippen LogP) is 3.09. The Morgan fingerprint density at radius 3 is 2.76 bits per heavy atom. The van der Waals surface area contributed by atoms with E-state index in [4.69, 9.17) is 5.11 Å². The van der Waals surface area contributed by atoms with Crippen LogP contribution in [0.25, 0.3) is 10.6 Å². The van der Waals surface area contributed by atoms with Gasteiger partial charge >= 0.3 is 6.03 Å². The van der Waals surface area contributed by atoms with Crippen LogP contribution in [0.4, 0.5) is 10.5 Å². The molecule has 0 radical (unpaired) electrons. The van der Waals surface area contributed by atoms with Crippen molar-refractivity contribution in [3.63, 3.8) is 0 Å². The van der Waals surface area contributed by atoms with Gasteiger partial charge in [-0.05, 0) is 44.0 Å². The molecule has 21 heavy (non-hydrogen) atoms. The molecule has 0 aliphatic heterocycles. The van der Waals surface area contributed by atoms with Crippen molar-refractivity contribution < 1.29 is 9.90 Å². The summed E-state index contributed by atoms with van der Waals surface area (Å²) < 4.78 is 0. The predicted molar refractivity (Wildman–Crippen MR) is 85.5 cm³/mol. The number of amides is 2. The summed E-state index contributed by atoms with van der Waals surface area (Å²) in [5, 5.41) is 17.3. The number of nitrogens with zero attached hydrogens (tertiary/aromatic N) is 1. The molecule has 6 heteroatoms. The molecular formula is C15H19N3O2S. The van der Waals surface area contributed by atoms with Gasteiger partial charge < -0.3 is 15.7 Å². The third-order valence-electron chi connectivity index (χ3n) is 2.99. The molecule has 0 aliphatic rings. The Labute approximate surface area is 128 Å². The van der Waals surface area contributed by atoms with Crippen LogP contribution in [0, 0.1) is 0 Å². The Morgan fingerprint density at radius 1 is 1.38 bits per heavy atom. The molecule has 2 aromatic rings. The minimum absolute atomic E-state index is 0.0340. The van der Waals surface area contributed by atoms with Gasteiger partial charge in [-0.2, -0.15) is 0 Å². The first-order valence-electron chi connectivity index (χ1n) is 6.87. The Morgan fingerprint density at radius 2 is 2.14 bits per heavy atom. The molecule has 0 saturated carbocycles. The average molecular weight is 305 g/mol. The zero-order valence-electron chi connectivity index (χ0n) is 11.9. The van der Waals surface area contributed by atoms with Crippen LogP contribution in [-0.2, 0) is 0 Å². The minimum atomic E-state index is -0.234. The van der Waals surface area contributed by atoms with Crippen molar-refractivity contribution in [3.05, 3.63) is 35.8 Å². The van der Waals surface area contributed by atoms with E-state index in [0.717, 1.165) is 22.7 Å². The number of aliphatic hydroxyl groups excluding tert-OH is 1. The second-order valence-corrected chi connectivity index (χ2v) is 5.67. The third-order valence-corrected chi connectivity index (χ3v) is 3.82. The second-order valence-electron chi connectivity index (χ2n) is 4.78. The van der Waals surface area contributed by atoms with E-state index in [0.29, 0.717) is 6.42 Å². The van der Waals surface area contributed by atoms with Crippen molar-refractivity contribution in [2.24, 2.45) is 0 Å². The van der Waals surface area contributed by atoms with Crippen molar-refractivity contribution in [1.82, 2.24) is 10.3 Å². The molecule has 2 rings (SSSR count). The highest BCUT2D eigenvalue weighted by Crippen LogP contribution is 2.23. The topological polar surface area (TPSA) is 74.2 Å². The van der Waals surface area contributed by atoms with Crippen LogP contribution < -0.4 is 10.6 Å². The zero-order chi connectivity index (χ0) is 15.1. The first-order chi connectivity index (χ1) is 10.2. The lowest BCUT2D eigenvalue weighted by atomic mass is 10.2. The van der Waals surface area contributed by atoms with Gasteiger partial charge in [0.2, 0.25) is 0 Å². The molecule has 0 fully saturated rings. The summed E-state index contributed by atoms with van der Waals surface area (Å²) >= 11 is 1.58. The Hall–Kier alpha value is -1.92. The lowest BCUT2D eigenvalue weighted by Crippen LogP contribution is -2.36. The number of nitrogens with one attached hydrogen (secondary N) is 2. The number of hydrogen-bond acceptors (Lipinski definition) is 4. The van der Waals surface area contributed by atoms with Gasteiger partial charge in [0.25, 0.3) is 0 Å². The van der Waals surface area contributed by atoms with Gasteiger partial charge in [0.15, 0.2) is 0 Å². The normalized spacial score (nSPS) is 11.9. The average Bonchev–Trinajstić information content (AvgIpc) is 3.00. The molecule has 1 atom stereocenters. The molecule has 0 saturated heterocycles. The summed E-state index contributed by atoms with van der Waals surface area (Å²) in [4.78, 5) is 16.0. The van der Waals surface area contributed by atoms with Crippen LogP contribution in [0.2, 0.25) is 0 Å². The highest BCUT2D eigenvalue weighted by Gasteiger charge is 2.07. The van der Waals surface area contributed by atoms with E-state index < -0.39 is 0 Å². The van der Waals surface area contributed by atoms with Gasteiger partial charge in [0.05, 0.1) is 0 Å². The van der Waals surface area contributed by atoms with Crippen molar-refractivity contribution in [1.29, 1.82) is 0 Å². The number of thiazole rings is 1. The van der Waals surface area contributed by atoms with Crippen LogP contribution in [-0.4, -0.2) is 28.8 Å². The van der Waals surface area contributed by atoms with Crippen LogP contribution in [0.3, 0.4) is 0 Å². The number of carbonyl (C=O) groups excluding carboxylic acids is 1. The Bertz CT molecular complexity index is 555. The fourth-order valence-corrected chi connectivity index (χ4v) is 2.57. The maximum absolute atomic E-state index is 11.8. The summed E-state index contributed by atoms with van der Waals surface area (Å²) in [6.07, 6.45) is 3.21. The highest BCUT2D eigenvalue weighted by molar-refractivity contribution is 7.13. The standard InChI is InChI=1S/C15H19N3O2S/c1-11(3-2-9-19)17-15(20)18-13-6-4-12(5-7-13)14-16-8-10-21-14/h4-8,10-11,19H,2-3,9H2,1H3,(H2,17,18,20). The van der Waals surface area contributed by atoms with E-state index in [1.165, 1.54) is 0 Å². The smallest absolute Gasteiger partial charge is 0.319 e. The molecule has 0 bridgehead atoms. The van der Waals surface area contributed by atoms with Gasteiger partial charge in [-0.25, -0.2) is 9.78 Å². The van der Waals surface area contributed by atoms with Gasteiger partial charge in [0, 0.05) is 35.5 Å².